The number of piperidine rings is 1. The van der Waals surface area contributed by atoms with Gasteiger partial charge in [0.15, 0.2) is 0 Å². The highest BCUT2D eigenvalue weighted by molar-refractivity contribution is 5.55. The predicted molar refractivity (Wildman–Crippen MR) is 79.8 cm³/mol. The van der Waals surface area contributed by atoms with Crippen LogP contribution in [0.3, 0.4) is 0 Å². The molecule has 0 bridgehead atoms. The largest absolute Gasteiger partial charge is 0.416 e. The van der Waals surface area contributed by atoms with Gasteiger partial charge in [-0.1, -0.05) is 17.3 Å². The summed E-state index contributed by atoms with van der Waals surface area (Å²) in [6.45, 7) is 2.32. The first-order chi connectivity index (χ1) is 11.5. The standard InChI is InChI=1S/C16H18F3N3O2/c17-16(18,19)13-3-1-2-12(8-13)15-20-14(24-21-15)9-22-6-4-11(10-23)5-7-22/h1-3,8,11,23H,4-7,9-10H2. The molecule has 0 unspecified atom stereocenters. The quantitative estimate of drug-likeness (QED) is 0.926. The minimum atomic E-state index is -4.40. The number of alkyl halides is 3. The summed E-state index contributed by atoms with van der Waals surface area (Å²) >= 11 is 0. The van der Waals surface area contributed by atoms with E-state index < -0.39 is 11.7 Å². The van der Waals surface area contributed by atoms with Gasteiger partial charge in [-0.15, -0.1) is 0 Å². The molecular weight excluding hydrogens is 323 g/mol. The average molecular weight is 341 g/mol. The van der Waals surface area contributed by atoms with Crippen molar-refractivity contribution in [1.82, 2.24) is 15.0 Å². The third kappa shape index (κ3) is 3.93. The molecule has 1 aliphatic rings. The van der Waals surface area contributed by atoms with Crippen LogP contribution in [-0.2, 0) is 12.7 Å². The van der Waals surface area contributed by atoms with Crippen molar-refractivity contribution < 1.29 is 22.8 Å². The minimum Gasteiger partial charge on any atom is -0.396 e. The van der Waals surface area contributed by atoms with Gasteiger partial charge in [-0.3, -0.25) is 4.90 Å². The Hall–Kier alpha value is -1.93. The van der Waals surface area contributed by atoms with Gasteiger partial charge in [0.1, 0.15) is 0 Å². The molecule has 0 saturated carbocycles. The molecule has 2 aromatic rings. The normalized spacial score (nSPS) is 17.3. The molecular formula is C16H18F3N3O2. The molecule has 0 spiro atoms. The van der Waals surface area contributed by atoms with Crippen LogP contribution in [-0.4, -0.2) is 39.8 Å². The second kappa shape index (κ2) is 6.90. The van der Waals surface area contributed by atoms with Crippen molar-refractivity contribution in [3.8, 4) is 11.4 Å². The van der Waals surface area contributed by atoms with Crippen molar-refractivity contribution >= 4 is 0 Å². The molecule has 5 nitrogen and oxygen atoms in total. The molecule has 0 atom stereocenters. The van der Waals surface area contributed by atoms with Crippen LogP contribution < -0.4 is 0 Å². The maximum absolute atomic E-state index is 12.8. The third-order valence-electron chi connectivity index (χ3n) is 4.24. The molecule has 0 amide bonds. The summed E-state index contributed by atoms with van der Waals surface area (Å²) in [7, 11) is 0. The Balaban J connectivity index is 1.68. The van der Waals surface area contributed by atoms with Crippen molar-refractivity contribution in [2.75, 3.05) is 19.7 Å². The van der Waals surface area contributed by atoms with Crippen molar-refractivity contribution in [1.29, 1.82) is 0 Å². The van der Waals surface area contributed by atoms with Crippen LogP contribution in [0.25, 0.3) is 11.4 Å². The Morgan fingerprint density at radius 3 is 2.67 bits per heavy atom. The highest BCUT2D eigenvalue weighted by Gasteiger charge is 2.30. The Morgan fingerprint density at radius 2 is 2.00 bits per heavy atom. The Morgan fingerprint density at radius 1 is 1.25 bits per heavy atom. The summed E-state index contributed by atoms with van der Waals surface area (Å²) in [6.07, 6.45) is -2.59. The lowest BCUT2D eigenvalue weighted by atomic mass is 9.98. The van der Waals surface area contributed by atoms with E-state index in [0.717, 1.165) is 38.1 Å². The molecule has 1 N–H and O–H groups in total. The lowest BCUT2D eigenvalue weighted by Crippen LogP contribution is -2.34. The topological polar surface area (TPSA) is 62.4 Å². The Kier molecular flexibility index (Phi) is 4.86. The number of nitrogens with zero attached hydrogens (tertiary/aromatic N) is 3. The first-order valence-electron chi connectivity index (χ1n) is 7.79. The van der Waals surface area contributed by atoms with E-state index in [-0.39, 0.29) is 18.0 Å². The number of hydrogen-bond donors (Lipinski definition) is 1. The molecule has 1 aromatic carbocycles. The smallest absolute Gasteiger partial charge is 0.396 e. The SMILES string of the molecule is OCC1CCN(Cc2nc(-c3cccc(C(F)(F)F)c3)no2)CC1. The highest BCUT2D eigenvalue weighted by atomic mass is 19.4. The number of aromatic nitrogens is 2. The third-order valence-corrected chi connectivity index (χ3v) is 4.24. The maximum atomic E-state index is 12.8. The fourth-order valence-electron chi connectivity index (χ4n) is 2.79. The van der Waals surface area contributed by atoms with Gasteiger partial charge in [-0.05, 0) is 44.0 Å². The molecule has 130 valence electrons. The van der Waals surface area contributed by atoms with E-state index in [1.165, 1.54) is 12.1 Å². The average Bonchev–Trinajstić information content (AvgIpc) is 3.03. The molecule has 1 aliphatic heterocycles. The van der Waals surface area contributed by atoms with Crippen molar-refractivity contribution in [2.24, 2.45) is 5.92 Å². The first kappa shape index (κ1) is 16.9. The highest BCUT2D eigenvalue weighted by Crippen LogP contribution is 2.31. The van der Waals surface area contributed by atoms with Gasteiger partial charge in [0, 0.05) is 12.2 Å². The molecule has 2 heterocycles. The van der Waals surface area contributed by atoms with Gasteiger partial charge in [0.25, 0.3) is 0 Å². The zero-order chi connectivity index (χ0) is 17.2. The summed E-state index contributed by atoms with van der Waals surface area (Å²) < 4.78 is 43.5. The minimum absolute atomic E-state index is 0.154. The number of benzene rings is 1. The van der Waals surface area contributed by atoms with E-state index >= 15 is 0 Å². The van der Waals surface area contributed by atoms with Crippen LogP contribution in [0.5, 0.6) is 0 Å². The fourth-order valence-corrected chi connectivity index (χ4v) is 2.79. The Bertz CT molecular complexity index is 679. The van der Waals surface area contributed by atoms with E-state index in [0.29, 0.717) is 18.4 Å². The maximum Gasteiger partial charge on any atom is 0.416 e. The van der Waals surface area contributed by atoms with E-state index in [4.69, 9.17) is 9.63 Å². The molecule has 1 aromatic heterocycles. The lowest BCUT2D eigenvalue weighted by Gasteiger charge is -2.29. The van der Waals surface area contributed by atoms with Gasteiger partial charge in [-0.25, -0.2) is 0 Å². The van der Waals surface area contributed by atoms with Crippen LogP contribution in [0.15, 0.2) is 28.8 Å². The van der Waals surface area contributed by atoms with Gasteiger partial charge >= 0.3 is 6.18 Å². The number of aliphatic hydroxyl groups excluding tert-OH is 1. The summed E-state index contributed by atoms with van der Waals surface area (Å²) in [4.78, 5) is 6.34. The number of hydrogen-bond acceptors (Lipinski definition) is 5. The van der Waals surface area contributed by atoms with Crippen LogP contribution in [0.2, 0.25) is 0 Å². The molecule has 1 fully saturated rings. The van der Waals surface area contributed by atoms with E-state index in [1.54, 1.807) is 0 Å². The van der Waals surface area contributed by atoms with Gasteiger partial charge in [0.2, 0.25) is 11.7 Å². The summed E-state index contributed by atoms with van der Waals surface area (Å²) in [5.74, 6) is 0.871. The Labute approximate surface area is 137 Å². The second-order valence-electron chi connectivity index (χ2n) is 5.99. The molecule has 24 heavy (non-hydrogen) atoms. The number of rotatable bonds is 4. The predicted octanol–water partition coefficient (Wildman–Crippen LogP) is 2.96. The van der Waals surface area contributed by atoms with Gasteiger partial charge in [-0.2, -0.15) is 18.2 Å². The van der Waals surface area contributed by atoms with Gasteiger partial charge < -0.3 is 9.63 Å². The fraction of sp³-hybridized carbons (Fsp3) is 0.500. The number of likely N-dealkylation sites (tertiary alicyclic amines) is 1. The van der Waals surface area contributed by atoms with E-state index in [1.807, 2.05) is 0 Å². The molecule has 0 radical (unpaired) electrons. The van der Waals surface area contributed by atoms with E-state index in [2.05, 4.69) is 15.0 Å². The van der Waals surface area contributed by atoms with Crippen molar-refractivity contribution in [3.05, 3.63) is 35.7 Å². The number of halogens is 3. The lowest BCUT2D eigenvalue weighted by molar-refractivity contribution is -0.137. The summed E-state index contributed by atoms with van der Waals surface area (Å²) in [6, 6.07) is 4.88. The van der Waals surface area contributed by atoms with Crippen molar-refractivity contribution in [3.63, 3.8) is 0 Å². The molecule has 8 heteroatoms. The summed E-state index contributed by atoms with van der Waals surface area (Å²) in [5.41, 5.74) is -0.462. The van der Waals surface area contributed by atoms with Crippen LogP contribution in [0, 0.1) is 5.92 Å². The zero-order valence-corrected chi connectivity index (χ0v) is 13.0. The second-order valence-corrected chi connectivity index (χ2v) is 5.99. The first-order valence-corrected chi connectivity index (χ1v) is 7.79. The molecule has 0 aliphatic carbocycles. The number of aliphatic hydroxyl groups is 1. The van der Waals surface area contributed by atoms with Gasteiger partial charge in [0.05, 0.1) is 12.1 Å². The van der Waals surface area contributed by atoms with Crippen LogP contribution in [0.1, 0.15) is 24.3 Å². The van der Waals surface area contributed by atoms with Crippen LogP contribution >= 0.6 is 0 Å². The monoisotopic (exact) mass is 341 g/mol. The zero-order valence-electron chi connectivity index (χ0n) is 13.0. The van der Waals surface area contributed by atoms with Crippen molar-refractivity contribution in [2.45, 2.75) is 25.6 Å². The molecule has 1 saturated heterocycles. The van der Waals surface area contributed by atoms with E-state index in [9.17, 15) is 13.2 Å². The van der Waals surface area contributed by atoms with Crippen LogP contribution in [0.4, 0.5) is 13.2 Å². The molecule has 3 rings (SSSR count). The summed E-state index contributed by atoms with van der Waals surface area (Å²) in [5, 5.41) is 12.9.